The van der Waals surface area contributed by atoms with Gasteiger partial charge >= 0.3 is 6.16 Å². The van der Waals surface area contributed by atoms with Crippen LogP contribution in [0.5, 0.6) is 0 Å². The standard InChI is InChI=1S/C8H10O4/c9-7-10-5-3-1-2-4-6-8(5,11-6)12-7/h5-6H,1-4H2/t5-,6-,8-/m0/s1. The van der Waals surface area contributed by atoms with Crippen LogP contribution < -0.4 is 0 Å². The molecule has 1 spiro atoms. The van der Waals surface area contributed by atoms with Gasteiger partial charge in [-0.15, -0.1) is 0 Å². The van der Waals surface area contributed by atoms with Crippen LogP contribution in [0.4, 0.5) is 4.79 Å². The summed E-state index contributed by atoms with van der Waals surface area (Å²) in [5.74, 6) is -0.659. The van der Waals surface area contributed by atoms with Crippen LogP contribution in [0.15, 0.2) is 0 Å². The number of hydrogen-bond donors (Lipinski definition) is 0. The molecule has 12 heavy (non-hydrogen) atoms. The normalized spacial score (nSPS) is 49.8. The fourth-order valence-electron chi connectivity index (χ4n) is 2.16. The Bertz CT molecular complexity index is 239. The number of carbonyl (C=O) groups is 1. The minimum atomic E-state index is -0.659. The first-order valence-corrected chi connectivity index (χ1v) is 4.39. The van der Waals surface area contributed by atoms with Crippen molar-refractivity contribution < 1.29 is 19.0 Å². The van der Waals surface area contributed by atoms with Gasteiger partial charge in [0.05, 0.1) is 0 Å². The molecule has 1 saturated carbocycles. The zero-order valence-electron chi connectivity index (χ0n) is 6.62. The molecule has 2 saturated heterocycles. The molecule has 0 N–H and O–H groups in total. The van der Waals surface area contributed by atoms with Gasteiger partial charge in [0.1, 0.15) is 6.10 Å². The molecule has 3 aliphatic rings. The van der Waals surface area contributed by atoms with Crippen LogP contribution in [-0.2, 0) is 14.2 Å². The summed E-state index contributed by atoms with van der Waals surface area (Å²) in [4.78, 5) is 10.8. The molecular formula is C8H10O4. The lowest BCUT2D eigenvalue weighted by Crippen LogP contribution is -2.27. The van der Waals surface area contributed by atoms with Gasteiger partial charge in [0.25, 0.3) is 5.79 Å². The molecule has 0 aromatic carbocycles. The largest absolute Gasteiger partial charge is 0.511 e. The third-order valence-corrected chi connectivity index (χ3v) is 2.83. The van der Waals surface area contributed by atoms with Gasteiger partial charge in [-0.25, -0.2) is 4.79 Å². The highest BCUT2D eigenvalue weighted by atomic mass is 16.9. The van der Waals surface area contributed by atoms with E-state index in [1.807, 2.05) is 0 Å². The predicted molar refractivity (Wildman–Crippen MR) is 37.4 cm³/mol. The van der Waals surface area contributed by atoms with Crippen LogP contribution in [0.2, 0.25) is 0 Å². The molecule has 0 amide bonds. The van der Waals surface area contributed by atoms with E-state index in [0.717, 1.165) is 25.7 Å². The van der Waals surface area contributed by atoms with Crippen molar-refractivity contribution in [2.75, 3.05) is 0 Å². The van der Waals surface area contributed by atoms with Crippen molar-refractivity contribution in [3.63, 3.8) is 0 Å². The predicted octanol–water partition coefficient (Wildman–Crippen LogP) is 1.19. The second kappa shape index (κ2) is 1.93. The zero-order valence-corrected chi connectivity index (χ0v) is 6.62. The molecule has 3 fully saturated rings. The number of hydrogen-bond acceptors (Lipinski definition) is 4. The lowest BCUT2D eigenvalue weighted by atomic mass is 10.1. The third-order valence-electron chi connectivity index (χ3n) is 2.83. The molecule has 0 aromatic rings. The number of carbonyl (C=O) groups excluding carboxylic acids is 1. The van der Waals surface area contributed by atoms with Gasteiger partial charge in [-0.05, 0) is 19.3 Å². The Balaban J connectivity index is 1.89. The molecule has 3 atom stereocenters. The summed E-state index contributed by atoms with van der Waals surface area (Å²) in [6.07, 6.45) is 3.51. The first-order chi connectivity index (χ1) is 5.81. The summed E-state index contributed by atoms with van der Waals surface area (Å²) in [5.41, 5.74) is 0. The van der Waals surface area contributed by atoms with Gasteiger partial charge < -0.3 is 14.2 Å². The molecule has 4 heteroatoms. The van der Waals surface area contributed by atoms with Gasteiger partial charge in [0.15, 0.2) is 6.10 Å². The van der Waals surface area contributed by atoms with Crippen LogP contribution in [-0.4, -0.2) is 24.2 Å². The molecular weight excluding hydrogens is 160 g/mol. The van der Waals surface area contributed by atoms with E-state index in [2.05, 4.69) is 0 Å². The summed E-state index contributed by atoms with van der Waals surface area (Å²) >= 11 is 0. The molecule has 4 nitrogen and oxygen atoms in total. The maximum atomic E-state index is 10.8. The molecule has 1 aliphatic carbocycles. The Labute approximate surface area is 69.8 Å². The molecule has 2 aliphatic heterocycles. The fraction of sp³-hybridized carbons (Fsp3) is 0.875. The summed E-state index contributed by atoms with van der Waals surface area (Å²) in [7, 11) is 0. The number of epoxide rings is 1. The molecule has 0 radical (unpaired) electrons. The van der Waals surface area contributed by atoms with Gasteiger partial charge in [0, 0.05) is 0 Å². The smallest absolute Gasteiger partial charge is 0.424 e. The van der Waals surface area contributed by atoms with Crippen LogP contribution in [0, 0.1) is 0 Å². The van der Waals surface area contributed by atoms with E-state index >= 15 is 0 Å². The highest BCUT2D eigenvalue weighted by molar-refractivity contribution is 5.64. The van der Waals surface area contributed by atoms with Crippen molar-refractivity contribution in [1.29, 1.82) is 0 Å². The van der Waals surface area contributed by atoms with Gasteiger partial charge in [0.2, 0.25) is 0 Å². The van der Waals surface area contributed by atoms with Crippen molar-refractivity contribution in [1.82, 2.24) is 0 Å². The van der Waals surface area contributed by atoms with Crippen molar-refractivity contribution in [2.24, 2.45) is 0 Å². The van der Waals surface area contributed by atoms with E-state index in [-0.39, 0.29) is 12.2 Å². The summed E-state index contributed by atoms with van der Waals surface area (Å²) < 4.78 is 15.4. The van der Waals surface area contributed by atoms with Crippen molar-refractivity contribution in [2.45, 2.75) is 43.7 Å². The Morgan fingerprint density at radius 3 is 2.83 bits per heavy atom. The van der Waals surface area contributed by atoms with Crippen molar-refractivity contribution >= 4 is 6.16 Å². The Morgan fingerprint density at radius 1 is 1.25 bits per heavy atom. The summed E-state index contributed by atoms with van der Waals surface area (Å²) in [5, 5.41) is 0. The van der Waals surface area contributed by atoms with E-state index in [1.165, 1.54) is 0 Å². The Kier molecular flexibility index (Phi) is 1.08. The third kappa shape index (κ3) is 0.684. The lowest BCUT2D eigenvalue weighted by Gasteiger charge is -2.07. The molecule has 0 aromatic heterocycles. The fourth-order valence-corrected chi connectivity index (χ4v) is 2.16. The number of ether oxygens (including phenoxy) is 3. The second-order valence-corrected chi connectivity index (χ2v) is 3.57. The average Bonchev–Trinajstić information content (AvgIpc) is 2.63. The average molecular weight is 170 g/mol. The van der Waals surface area contributed by atoms with Crippen LogP contribution in [0.25, 0.3) is 0 Å². The maximum Gasteiger partial charge on any atom is 0.511 e. The second-order valence-electron chi connectivity index (χ2n) is 3.57. The maximum absolute atomic E-state index is 10.8. The minimum Gasteiger partial charge on any atom is -0.424 e. The Morgan fingerprint density at radius 2 is 2.00 bits per heavy atom. The summed E-state index contributed by atoms with van der Waals surface area (Å²) in [6.45, 7) is 0. The van der Waals surface area contributed by atoms with E-state index < -0.39 is 11.9 Å². The quantitative estimate of drug-likeness (QED) is 0.404. The van der Waals surface area contributed by atoms with Crippen LogP contribution in [0.1, 0.15) is 25.7 Å². The molecule has 0 unspecified atom stereocenters. The summed E-state index contributed by atoms with van der Waals surface area (Å²) in [6, 6.07) is 0. The molecule has 2 heterocycles. The molecule has 66 valence electrons. The lowest BCUT2D eigenvalue weighted by molar-refractivity contribution is 0.0227. The van der Waals surface area contributed by atoms with Crippen LogP contribution >= 0.6 is 0 Å². The van der Waals surface area contributed by atoms with Crippen molar-refractivity contribution in [3.05, 3.63) is 0 Å². The van der Waals surface area contributed by atoms with Gasteiger partial charge in [-0.1, -0.05) is 6.42 Å². The van der Waals surface area contributed by atoms with Gasteiger partial charge in [-0.2, -0.15) is 0 Å². The molecule has 3 rings (SSSR count). The van der Waals surface area contributed by atoms with E-state index in [1.54, 1.807) is 0 Å². The Hall–Kier alpha value is -0.770. The monoisotopic (exact) mass is 170 g/mol. The van der Waals surface area contributed by atoms with E-state index in [0.29, 0.717) is 0 Å². The SMILES string of the molecule is O=C1O[C@H]2CCCC[C@@H]3O[C@]23O1. The van der Waals surface area contributed by atoms with Crippen LogP contribution in [0.3, 0.4) is 0 Å². The molecule has 0 bridgehead atoms. The first-order valence-electron chi connectivity index (χ1n) is 4.39. The van der Waals surface area contributed by atoms with E-state index in [9.17, 15) is 4.79 Å². The first kappa shape index (κ1) is 6.71. The van der Waals surface area contributed by atoms with E-state index in [4.69, 9.17) is 14.2 Å². The minimum absolute atomic E-state index is 0.108. The zero-order chi connectivity index (χ0) is 8.18. The number of rotatable bonds is 0. The highest BCUT2D eigenvalue weighted by Gasteiger charge is 2.71. The van der Waals surface area contributed by atoms with Gasteiger partial charge in [-0.3, -0.25) is 0 Å². The van der Waals surface area contributed by atoms with Crippen molar-refractivity contribution in [3.8, 4) is 0 Å². The topological polar surface area (TPSA) is 48.1 Å². The highest BCUT2D eigenvalue weighted by Crippen LogP contribution is 2.51.